The molecule has 0 saturated heterocycles. The van der Waals surface area contributed by atoms with Crippen LogP contribution in [0.15, 0.2) is 12.2 Å². The molecule has 27 heavy (non-hydrogen) atoms. The molecule has 0 unspecified atom stereocenters. The lowest BCUT2D eigenvalue weighted by molar-refractivity contribution is -0.137. The highest BCUT2D eigenvalue weighted by atomic mass is 28.4. The maximum atomic E-state index is 11.4. The lowest BCUT2D eigenvalue weighted by Crippen LogP contribution is -2.41. The van der Waals surface area contributed by atoms with Gasteiger partial charge in [-0.3, -0.25) is 0 Å². The van der Waals surface area contributed by atoms with E-state index in [-0.39, 0.29) is 5.97 Å². The van der Waals surface area contributed by atoms with Gasteiger partial charge in [0.1, 0.15) is 0 Å². The minimum Gasteiger partial charge on any atom is -0.463 e. The van der Waals surface area contributed by atoms with Gasteiger partial charge in [0.2, 0.25) is 19.5 Å². The average molecular weight is 429 g/mol. The summed E-state index contributed by atoms with van der Waals surface area (Å²) in [6.07, 6.45) is 14.2. The maximum Gasteiger partial charge on any atom is 0.330 e. The van der Waals surface area contributed by atoms with Crippen molar-refractivity contribution in [2.45, 2.75) is 103 Å². The van der Waals surface area contributed by atoms with E-state index >= 15 is 0 Å². The molecule has 0 spiro atoms. The summed E-state index contributed by atoms with van der Waals surface area (Å²) < 4.78 is 17.8. The predicted molar refractivity (Wildman–Crippen MR) is 118 cm³/mol. The highest BCUT2D eigenvalue weighted by molar-refractivity contribution is 6.74. The second kappa shape index (κ2) is 19.1. The van der Waals surface area contributed by atoms with E-state index in [1.165, 1.54) is 57.4 Å². The molecule has 4 radical (unpaired) electrons. The van der Waals surface area contributed by atoms with Crippen LogP contribution >= 0.6 is 0 Å². The molecule has 0 rings (SSSR count). The first-order valence-electron chi connectivity index (χ1n) is 10.7. The van der Waals surface area contributed by atoms with Crippen molar-refractivity contribution in [3.63, 3.8) is 0 Å². The van der Waals surface area contributed by atoms with Crippen molar-refractivity contribution < 1.29 is 17.8 Å². The standard InChI is InChI=1S/C20H40O4Si3/c1-5-8-10-12-17-25-23-27(4,24-26-18-13-11-9-6-2)19-14-16-22-20(21)15-7-3/h7,15H,5-6,8-14,16-19H2,1-4H3. The summed E-state index contributed by atoms with van der Waals surface area (Å²) in [6, 6.07) is 3.17. The zero-order valence-electron chi connectivity index (χ0n) is 18.0. The zero-order chi connectivity index (χ0) is 20.2. The van der Waals surface area contributed by atoms with Crippen LogP contribution in [0, 0.1) is 0 Å². The number of hydrogen-bond donors (Lipinski definition) is 0. The van der Waals surface area contributed by atoms with E-state index in [1.54, 1.807) is 6.08 Å². The first-order chi connectivity index (χ1) is 13.1. The van der Waals surface area contributed by atoms with Crippen LogP contribution < -0.4 is 0 Å². The number of allylic oxidation sites excluding steroid dienone is 1. The second-order valence-electron chi connectivity index (χ2n) is 7.02. The summed E-state index contributed by atoms with van der Waals surface area (Å²) >= 11 is 0. The summed E-state index contributed by atoms with van der Waals surface area (Å²) in [7, 11) is -1.09. The zero-order valence-corrected chi connectivity index (χ0v) is 21.0. The van der Waals surface area contributed by atoms with Gasteiger partial charge in [0.15, 0.2) is 0 Å². The Bertz CT molecular complexity index is 362. The molecule has 0 saturated carbocycles. The predicted octanol–water partition coefficient (Wildman–Crippen LogP) is 5.84. The van der Waals surface area contributed by atoms with Gasteiger partial charge in [-0.25, -0.2) is 4.79 Å². The molecule has 0 aromatic heterocycles. The van der Waals surface area contributed by atoms with E-state index in [4.69, 9.17) is 13.0 Å². The molecule has 0 heterocycles. The fraction of sp³-hybridized carbons (Fsp3) is 0.850. The SMILES string of the molecule is CC=CC(=O)OCCC[Si](C)(O[Si]CCCCCC)O[Si]CCCCCC. The normalized spacial score (nSPS) is 12.0. The summed E-state index contributed by atoms with van der Waals surface area (Å²) in [6.45, 7) is 8.91. The number of ether oxygens (including phenoxy) is 1. The third kappa shape index (κ3) is 17.6. The van der Waals surface area contributed by atoms with Crippen molar-refractivity contribution in [3.05, 3.63) is 12.2 Å². The Kier molecular flexibility index (Phi) is 19.0. The lowest BCUT2D eigenvalue weighted by atomic mass is 10.2. The van der Waals surface area contributed by atoms with Crippen molar-refractivity contribution in [1.82, 2.24) is 0 Å². The minimum absolute atomic E-state index is 0.265. The summed E-state index contributed by atoms with van der Waals surface area (Å²) in [4.78, 5) is 11.4. The van der Waals surface area contributed by atoms with Gasteiger partial charge >= 0.3 is 14.5 Å². The Balaban J connectivity index is 4.18. The van der Waals surface area contributed by atoms with Crippen LogP contribution in [-0.2, 0) is 17.8 Å². The van der Waals surface area contributed by atoms with Crippen molar-refractivity contribution in [2.75, 3.05) is 6.61 Å². The third-order valence-corrected chi connectivity index (χ3v) is 11.1. The van der Waals surface area contributed by atoms with Crippen molar-refractivity contribution in [1.29, 1.82) is 0 Å². The van der Waals surface area contributed by atoms with E-state index in [9.17, 15) is 4.79 Å². The van der Waals surface area contributed by atoms with Crippen LogP contribution in [0.25, 0.3) is 0 Å². The Morgan fingerprint density at radius 2 is 1.44 bits per heavy atom. The van der Waals surface area contributed by atoms with Gasteiger partial charge in [-0.2, -0.15) is 0 Å². The molecule has 0 aromatic carbocycles. The Morgan fingerprint density at radius 3 is 1.93 bits per heavy atom. The highest BCUT2D eigenvalue weighted by Gasteiger charge is 2.30. The third-order valence-electron chi connectivity index (χ3n) is 4.16. The minimum atomic E-state index is -2.16. The Labute approximate surface area is 174 Å². The maximum absolute atomic E-state index is 11.4. The molecule has 0 aliphatic rings. The molecule has 0 aromatic rings. The molecule has 0 atom stereocenters. The first-order valence-corrected chi connectivity index (χ1v) is 15.4. The number of hydrogen-bond acceptors (Lipinski definition) is 4. The molecule has 0 aliphatic heterocycles. The molecule has 0 bridgehead atoms. The second-order valence-corrected chi connectivity index (χ2v) is 13.0. The van der Waals surface area contributed by atoms with Crippen LogP contribution in [0.2, 0.25) is 24.7 Å². The van der Waals surface area contributed by atoms with E-state index in [0.29, 0.717) is 26.1 Å². The van der Waals surface area contributed by atoms with Crippen LogP contribution in [0.3, 0.4) is 0 Å². The molecular weight excluding hydrogens is 388 g/mol. The molecule has 0 N–H and O–H groups in total. The fourth-order valence-corrected chi connectivity index (χ4v) is 8.72. The van der Waals surface area contributed by atoms with E-state index in [2.05, 4.69) is 20.4 Å². The van der Waals surface area contributed by atoms with Gasteiger partial charge in [0.05, 0.1) is 6.61 Å². The largest absolute Gasteiger partial charge is 0.463 e. The van der Waals surface area contributed by atoms with Crippen LogP contribution in [0.4, 0.5) is 0 Å². The number of carbonyl (C=O) groups is 1. The fourth-order valence-electron chi connectivity index (χ4n) is 2.53. The van der Waals surface area contributed by atoms with Gasteiger partial charge in [-0.05, 0) is 38.0 Å². The van der Waals surface area contributed by atoms with Gasteiger partial charge < -0.3 is 13.0 Å². The number of esters is 1. The number of rotatable bonds is 19. The van der Waals surface area contributed by atoms with Crippen molar-refractivity contribution >= 4 is 34.1 Å². The molecule has 156 valence electrons. The van der Waals surface area contributed by atoms with Gasteiger partial charge in [-0.1, -0.05) is 71.3 Å². The van der Waals surface area contributed by atoms with Gasteiger partial charge in [0, 0.05) is 6.08 Å². The molecular formula is C20H40O4Si3. The summed E-state index contributed by atoms with van der Waals surface area (Å²) in [5.74, 6) is -0.265. The molecule has 4 nitrogen and oxygen atoms in total. The average Bonchev–Trinajstić information content (AvgIpc) is 2.65. The van der Waals surface area contributed by atoms with Crippen LogP contribution in [0.1, 0.15) is 78.6 Å². The highest BCUT2D eigenvalue weighted by Crippen LogP contribution is 2.17. The monoisotopic (exact) mass is 428 g/mol. The Morgan fingerprint density at radius 1 is 0.889 bits per heavy atom. The molecule has 7 heteroatoms. The molecule has 0 amide bonds. The quantitative estimate of drug-likeness (QED) is 0.112. The lowest BCUT2D eigenvalue weighted by Gasteiger charge is -2.27. The van der Waals surface area contributed by atoms with Crippen LogP contribution in [-0.4, -0.2) is 40.7 Å². The number of unbranched alkanes of at least 4 members (excludes halogenated alkanes) is 6. The first kappa shape index (κ1) is 26.8. The smallest absolute Gasteiger partial charge is 0.330 e. The van der Waals surface area contributed by atoms with Gasteiger partial charge in [-0.15, -0.1) is 0 Å². The summed E-state index contributed by atoms with van der Waals surface area (Å²) in [5, 5.41) is 0. The van der Waals surface area contributed by atoms with E-state index in [0.717, 1.165) is 24.6 Å². The van der Waals surface area contributed by atoms with E-state index in [1.807, 2.05) is 6.92 Å². The van der Waals surface area contributed by atoms with Crippen molar-refractivity contribution in [3.8, 4) is 0 Å². The summed E-state index contributed by atoms with van der Waals surface area (Å²) in [5.41, 5.74) is 0. The van der Waals surface area contributed by atoms with E-state index < -0.39 is 8.56 Å². The Hall–Kier alpha value is -0.219. The van der Waals surface area contributed by atoms with Gasteiger partial charge in [0.25, 0.3) is 0 Å². The molecule has 0 aliphatic carbocycles. The van der Waals surface area contributed by atoms with Crippen molar-refractivity contribution in [2.24, 2.45) is 0 Å². The van der Waals surface area contributed by atoms with Crippen LogP contribution in [0.5, 0.6) is 0 Å². The molecule has 0 fully saturated rings. The topological polar surface area (TPSA) is 44.8 Å². The number of carbonyl (C=O) groups excluding carboxylic acids is 1.